The van der Waals surface area contributed by atoms with E-state index in [1.807, 2.05) is 0 Å². The van der Waals surface area contributed by atoms with Crippen LogP contribution in [0.2, 0.25) is 0 Å². The Bertz CT molecular complexity index is 416. The van der Waals surface area contributed by atoms with Gasteiger partial charge in [-0.2, -0.15) is 0 Å². The van der Waals surface area contributed by atoms with Crippen molar-refractivity contribution in [3.63, 3.8) is 0 Å². The van der Waals surface area contributed by atoms with Crippen molar-refractivity contribution < 1.29 is 51.4 Å². The van der Waals surface area contributed by atoms with E-state index in [1.54, 1.807) is 0 Å². The smallest absolute Gasteiger partial charge is 0.358 e. The SMILES string of the molecule is C#CC(CC)C(CCC)CCC.CC(C)(C)Cc1ccccc1.[CH3-].[K+]. The molecule has 0 aliphatic heterocycles. The molecule has 1 heteroatoms. The second-order valence-corrected chi connectivity index (χ2v) is 7.74. The van der Waals surface area contributed by atoms with Gasteiger partial charge in [0.15, 0.2) is 0 Å². The number of hydrogen-bond acceptors (Lipinski definition) is 0. The number of hydrogen-bond donors (Lipinski definition) is 0. The first-order chi connectivity index (χ1) is 10.9. The van der Waals surface area contributed by atoms with Crippen LogP contribution in [-0.2, 0) is 6.42 Å². The van der Waals surface area contributed by atoms with Crippen molar-refractivity contribution in [1.82, 2.24) is 0 Å². The van der Waals surface area contributed by atoms with E-state index in [4.69, 9.17) is 6.42 Å². The van der Waals surface area contributed by atoms with Gasteiger partial charge in [0.2, 0.25) is 0 Å². The average Bonchev–Trinajstić information content (AvgIpc) is 2.49. The van der Waals surface area contributed by atoms with Gasteiger partial charge in [-0.1, -0.05) is 84.7 Å². The summed E-state index contributed by atoms with van der Waals surface area (Å²) in [7, 11) is 0. The van der Waals surface area contributed by atoms with Crippen molar-refractivity contribution in [3.8, 4) is 12.3 Å². The summed E-state index contributed by atoms with van der Waals surface area (Å²) in [5.74, 6) is 4.21. The molecule has 0 spiro atoms. The molecule has 0 radical (unpaired) electrons. The molecule has 1 unspecified atom stereocenters. The maximum atomic E-state index is 5.49. The summed E-state index contributed by atoms with van der Waals surface area (Å²) in [6, 6.07) is 10.6. The Balaban J connectivity index is -0.000000359. The zero-order valence-corrected chi connectivity index (χ0v) is 21.5. The second kappa shape index (κ2) is 17.8. The molecule has 1 atom stereocenters. The van der Waals surface area contributed by atoms with E-state index >= 15 is 0 Å². The van der Waals surface area contributed by atoms with E-state index in [2.05, 4.69) is 77.8 Å². The molecule has 0 amide bonds. The Kier molecular flexibility index (Phi) is 21.5. The van der Waals surface area contributed by atoms with Crippen LogP contribution in [0.4, 0.5) is 0 Å². The summed E-state index contributed by atoms with van der Waals surface area (Å²) in [4.78, 5) is 0. The third-order valence-corrected chi connectivity index (χ3v) is 4.12. The van der Waals surface area contributed by atoms with Crippen LogP contribution in [0.1, 0.15) is 79.2 Å². The molecule has 0 N–H and O–H groups in total. The van der Waals surface area contributed by atoms with Crippen LogP contribution in [-0.4, -0.2) is 0 Å². The van der Waals surface area contributed by atoms with Gasteiger partial charge in [-0.3, -0.25) is 0 Å². The Morgan fingerprint density at radius 3 is 1.76 bits per heavy atom. The zero-order valence-electron chi connectivity index (χ0n) is 18.4. The topological polar surface area (TPSA) is 0 Å². The maximum Gasteiger partial charge on any atom is 1.00 e. The van der Waals surface area contributed by atoms with Crippen molar-refractivity contribution in [3.05, 3.63) is 43.3 Å². The van der Waals surface area contributed by atoms with Gasteiger partial charge in [-0.25, -0.2) is 0 Å². The van der Waals surface area contributed by atoms with Gasteiger partial charge in [-0.05, 0) is 42.6 Å². The first kappa shape index (κ1) is 30.2. The molecule has 25 heavy (non-hydrogen) atoms. The predicted octanol–water partition coefficient (Wildman–Crippen LogP) is 4.59. The van der Waals surface area contributed by atoms with E-state index in [1.165, 1.54) is 31.2 Å². The minimum Gasteiger partial charge on any atom is -0.358 e. The summed E-state index contributed by atoms with van der Waals surface area (Å²) in [5, 5.41) is 0. The maximum absolute atomic E-state index is 5.49. The Morgan fingerprint density at radius 2 is 1.44 bits per heavy atom. The Morgan fingerprint density at radius 1 is 0.960 bits per heavy atom. The number of terminal acetylenes is 1. The van der Waals surface area contributed by atoms with Crippen LogP contribution in [0.3, 0.4) is 0 Å². The molecule has 1 rings (SSSR count). The molecular weight excluding hydrogens is 327 g/mol. The average molecular weight is 369 g/mol. The third-order valence-electron chi connectivity index (χ3n) is 4.12. The molecule has 0 nitrogen and oxygen atoms in total. The second-order valence-electron chi connectivity index (χ2n) is 7.74. The van der Waals surface area contributed by atoms with E-state index < -0.39 is 0 Å². The van der Waals surface area contributed by atoms with Crippen LogP contribution in [0.5, 0.6) is 0 Å². The monoisotopic (exact) mass is 368 g/mol. The van der Waals surface area contributed by atoms with Crippen molar-refractivity contribution in [2.24, 2.45) is 17.3 Å². The van der Waals surface area contributed by atoms with Crippen molar-refractivity contribution >= 4 is 0 Å². The molecule has 138 valence electrons. The molecule has 1 aromatic rings. The van der Waals surface area contributed by atoms with E-state index in [0.29, 0.717) is 11.3 Å². The normalized spacial score (nSPS) is 11.3. The van der Waals surface area contributed by atoms with Crippen molar-refractivity contribution in [2.45, 2.75) is 80.1 Å². The standard InChI is InChI=1S/C12H22.C11H16.CH3.K/c1-5-9-12(10-6-2)11(7-3)8-4;1-11(2,3)9-10-7-5-4-6-8-10;;/h3,11-12H,5-6,8-10H2,1-2,4H3;4-8H,9H2,1-3H3;1H3;/q;;-1;+1. The fourth-order valence-electron chi connectivity index (χ4n) is 3.08. The third kappa shape index (κ3) is 16.3. The van der Waals surface area contributed by atoms with Crippen LogP contribution >= 0.6 is 0 Å². The number of rotatable bonds is 7. The van der Waals surface area contributed by atoms with Gasteiger partial charge in [-0.15, -0.1) is 12.3 Å². The first-order valence-corrected chi connectivity index (χ1v) is 9.37. The molecule has 0 aliphatic rings. The summed E-state index contributed by atoms with van der Waals surface area (Å²) in [6.45, 7) is 13.5. The zero-order chi connectivity index (χ0) is 17.7. The van der Waals surface area contributed by atoms with E-state index in [9.17, 15) is 0 Å². The molecule has 0 bridgehead atoms. The van der Waals surface area contributed by atoms with Crippen molar-refractivity contribution in [2.75, 3.05) is 0 Å². The Hall–Kier alpha value is 0.416. The summed E-state index contributed by atoms with van der Waals surface area (Å²) < 4.78 is 0. The van der Waals surface area contributed by atoms with Crippen LogP contribution in [0.25, 0.3) is 0 Å². The van der Waals surface area contributed by atoms with Crippen LogP contribution in [0.15, 0.2) is 30.3 Å². The van der Waals surface area contributed by atoms with Gasteiger partial charge >= 0.3 is 51.4 Å². The van der Waals surface area contributed by atoms with E-state index in [-0.39, 0.29) is 58.8 Å². The minimum absolute atomic E-state index is 0. The van der Waals surface area contributed by atoms with Gasteiger partial charge in [0, 0.05) is 5.92 Å². The molecule has 0 saturated heterocycles. The van der Waals surface area contributed by atoms with Gasteiger partial charge in [0.25, 0.3) is 0 Å². The number of benzene rings is 1. The largest absolute Gasteiger partial charge is 1.00 e. The fourth-order valence-corrected chi connectivity index (χ4v) is 3.08. The van der Waals surface area contributed by atoms with Gasteiger partial charge in [0.1, 0.15) is 0 Å². The minimum atomic E-state index is 0. The van der Waals surface area contributed by atoms with Crippen LogP contribution < -0.4 is 51.4 Å². The van der Waals surface area contributed by atoms with Crippen LogP contribution in [0, 0.1) is 37.0 Å². The molecule has 0 saturated carbocycles. The molecule has 0 aliphatic carbocycles. The van der Waals surface area contributed by atoms with Gasteiger partial charge < -0.3 is 7.43 Å². The predicted molar refractivity (Wildman–Crippen MR) is 112 cm³/mol. The molecule has 0 heterocycles. The summed E-state index contributed by atoms with van der Waals surface area (Å²) in [5.41, 5.74) is 1.83. The summed E-state index contributed by atoms with van der Waals surface area (Å²) >= 11 is 0. The molecule has 0 fully saturated rings. The van der Waals surface area contributed by atoms with Crippen molar-refractivity contribution in [1.29, 1.82) is 0 Å². The molecule has 0 aromatic heterocycles. The Labute approximate surface area is 202 Å². The summed E-state index contributed by atoms with van der Waals surface area (Å²) in [6.07, 6.45) is 12.9. The molecule has 1 aromatic carbocycles. The van der Waals surface area contributed by atoms with Gasteiger partial charge in [0.05, 0.1) is 0 Å². The van der Waals surface area contributed by atoms with E-state index in [0.717, 1.165) is 18.8 Å². The quantitative estimate of drug-likeness (QED) is 0.375. The molecular formula is C24H41K. The fraction of sp³-hybridized carbons (Fsp3) is 0.625. The first-order valence-electron chi connectivity index (χ1n) is 9.37.